The Balaban J connectivity index is 0.000000183. The molecule has 2 amide bonds. The number of halogens is 3. The van der Waals surface area contributed by atoms with Crippen LogP contribution >= 0.6 is 11.6 Å². The number of hydrogen-bond donors (Lipinski definition) is 6. The highest BCUT2D eigenvalue weighted by molar-refractivity contribution is 6.57. The maximum atomic E-state index is 13.3. The summed E-state index contributed by atoms with van der Waals surface area (Å²) in [7, 11) is -1.62. The molecule has 0 unspecified atom stereocenters. The number of fused-ring (bicyclic) bond motifs is 2. The summed E-state index contributed by atoms with van der Waals surface area (Å²) in [6.45, 7) is 8.00. The lowest BCUT2D eigenvalue weighted by molar-refractivity contribution is 0.0480. The molecular weight excluding hydrogens is 877 g/mol. The third kappa shape index (κ3) is 11.7. The fraction of sp³-hybridized carbons (Fsp3) is 0.227. The lowest BCUT2D eigenvalue weighted by Gasteiger charge is -2.17. The summed E-state index contributed by atoms with van der Waals surface area (Å²) in [5, 5.41) is 55.7. The topological polar surface area (TPSA) is 280 Å². The molecule has 6 heterocycles. The number of aromatic nitrogens is 10. The van der Waals surface area contributed by atoms with E-state index < -0.39 is 41.8 Å². The van der Waals surface area contributed by atoms with Crippen molar-refractivity contribution in [2.75, 3.05) is 0 Å². The van der Waals surface area contributed by atoms with E-state index in [-0.39, 0.29) is 17.0 Å². The summed E-state index contributed by atoms with van der Waals surface area (Å²) >= 11 is 6.19. The van der Waals surface area contributed by atoms with Crippen molar-refractivity contribution >= 4 is 57.9 Å². The van der Waals surface area contributed by atoms with E-state index in [1.165, 1.54) is 18.2 Å². The van der Waals surface area contributed by atoms with Crippen molar-refractivity contribution < 1.29 is 38.6 Å². The number of amides is 2. The zero-order valence-corrected chi connectivity index (χ0v) is 36.8. The van der Waals surface area contributed by atoms with Gasteiger partial charge in [0.2, 0.25) is 0 Å². The van der Waals surface area contributed by atoms with Crippen LogP contribution < -0.4 is 17.1 Å². The lowest BCUT2D eigenvalue weighted by Crippen LogP contribution is -2.32. The number of nitrogens with two attached hydrogens (primary N) is 2. The van der Waals surface area contributed by atoms with Gasteiger partial charge in [-0.05, 0) is 86.3 Å². The predicted octanol–water partition coefficient (Wildman–Crippen LogP) is 3.94. The van der Waals surface area contributed by atoms with E-state index in [0.29, 0.717) is 64.6 Å². The average molecular weight is 921 g/mol. The molecule has 6 aromatic heterocycles. The molecule has 340 valence electrons. The third-order valence-corrected chi connectivity index (χ3v) is 10.8. The first kappa shape index (κ1) is 48.3. The van der Waals surface area contributed by atoms with E-state index in [2.05, 4.69) is 40.6 Å². The minimum Gasteiger partial charge on any atom is -0.422 e. The number of carbonyl (C=O) groups excluding carboxylic acids is 2. The fourth-order valence-electron chi connectivity index (χ4n) is 6.22. The van der Waals surface area contributed by atoms with E-state index in [1.807, 2.05) is 50.2 Å². The molecule has 18 nitrogen and oxygen atoms in total. The molecule has 8 rings (SSSR count). The second kappa shape index (κ2) is 20.3. The van der Waals surface area contributed by atoms with Crippen molar-refractivity contribution in [1.82, 2.24) is 49.9 Å². The highest BCUT2D eigenvalue weighted by Gasteiger charge is 2.25. The van der Waals surface area contributed by atoms with Gasteiger partial charge in [0.1, 0.15) is 45.6 Å². The Morgan fingerprint density at radius 1 is 0.697 bits per heavy atom. The van der Waals surface area contributed by atoms with Crippen molar-refractivity contribution in [3.05, 3.63) is 148 Å². The van der Waals surface area contributed by atoms with Gasteiger partial charge in [0, 0.05) is 16.3 Å². The van der Waals surface area contributed by atoms with Gasteiger partial charge >= 0.3 is 7.12 Å². The summed E-state index contributed by atoms with van der Waals surface area (Å²) in [4.78, 5) is 39.3. The smallest absolute Gasteiger partial charge is 0.422 e. The Morgan fingerprint density at radius 2 is 1.18 bits per heavy atom. The van der Waals surface area contributed by atoms with E-state index in [4.69, 9.17) is 33.1 Å². The standard InChI is InChI=1S/C22H21FN6O2.C17H18ClN5O2.C5H5BFNO2/c1-3-22(2,31)20-12-29(28-27-20)11-13-4-6-15-16(17-7-5-14(23)10-25-17)9-19(21(24)30)26-18(15)8-13;1-3-17(2,25)15-9-23(22-21-15)8-10-4-5-11-12(18)7-14(16(19)24)20-13(11)6-10;7-4-1-2-5(6(9)10)8-3-4/h4-10,12,31H,3,11H2,1-2H3,(H2,24,30);4-7,9,25H,3,8H2,1-2H3,(H2,19,24);1-3,9-10H/t22-;17-;/m11./s1. The number of hydrogen-bond acceptors (Lipinski definition) is 14. The summed E-state index contributed by atoms with van der Waals surface area (Å²) in [5.41, 5.74) is 14.0. The Morgan fingerprint density at radius 3 is 1.64 bits per heavy atom. The second-order valence-electron chi connectivity index (χ2n) is 15.5. The summed E-state index contributed by atoms with van der Waals surface area (Å²) < 4.78 is 28.7. The molecule has 0 radical (unpaired) electrons. The molecule has 8 N–H and O–H groups in total. The van der Waals surface area contributed by atoms with E-state index in [1.54, 1.807) is 47.7 Å². The van der Waals surface area contributed by atoms with Crippen LogP contribution in [-0.4, -0.2) is 89.1 Å². The van der Waals surface area contributed by atoms with Crippen molar-refractivity contribution in [2.45, 2.75) is 64.8 Å². The van der Waals surface area contributed by atoms with Gasteiger partial charge in [-0.25, -0.2) is 28.1 Å². The van der Waals surface area contributed by atoms with Gasteiger partial charge in [0.05, 0.1) is 65.2 Å². The van der Waals surface area contributed by atoms with Crippen LogP contribution in [0, 0.1) is 11.6 Å². The van der Waals surface area contributed by atoms with Crippen LogP contribution in [0.3, 0.4) is 0 Å². The molecular formula is C44H44BClF2N12O6. The molecule has 0 bridgehead atoms. The van der Waals surface area contributed by atoms with Gasteiger partial charge in [0.15, 0.2) is 0 Å². The molecule has 2 aromatic carbocycles. The summed E-state index contributed by atoms with van der Waals surface area (Å²) in [6, 6.07) is 19.3. The van der Waals surface area contributed by atoms with Crippen LogP contribution in [0.5, 0.6) is 0 Å². The van der Waals surface area contributed by atoms with E-state index in [9.17, 15) is 28.6 Å². The molecule has 0 aliphatic heterocycles. The number of rotatable bonds is 12. The molecule has 0 saturated carbocycles. The molecule has 8 aromatic rings. The molecule has 0 aliphatic carbocycles. The van der Waals surface area contributed by atoms with Gasteiger partial charge in [0.25, 0.3) is 11.8 Å². The quantitative estimate of drug-likeness (QED) is 0.0948. The Bertz CT molecular complexity index is 3010. The number of pyridine rings is 4. The molecule has 0 fully saturated rings. The lowest BCUT2D eigenvalue weighted by atomic mass is 9.86. The zero-order chi connectivity index (χ0) is 47.9. The maximum Gasteiger partial charge on any atom is 0.508 e. The largest absolute Gasteiger partial charge is 0.508 e. The molecule has 66 heavy (non-hydrogen) atoms. The Hall–Kier alpha value is -7.17. The van der Waals surface area contributed by atoms with Gasteiger partial charge < -0.3 is 31.7 Å². The van der Waals surface area contributed by atoms with Crippen LogP contribution in [0.2, 0.25) is 5.02 Å². The molecule has 2 atom stereocenters. The van der Waals surface area contributed by atoms with Crippen LogP contribution in [0.1, 0.15) is 84.0 Å². The van der Waals surface area contributed by atoms with Gasteiger partial charge in [-0.15, -0.1) is 10.2 Å². The van der Waals surface area contributed by atoms with Crippen LogP contribution in [-0.2, 0) is 24.3 Å². The number of primary amides is 2. The van der Waals surface area contributed by atoms with Gasteiger partial charge in [-0.1, -0.05) is 60.1 Å². The van der Waals surface area contributed by atoms with Crippen LogP contribution in [0.15, 0.2) is 97.6 Å². The second-order valence-corrected chi connectivity index (χ2v) is 15.9. The van der Waals surface area contributed by atoms with Gasteiger partial charge in [-0.2, -0.15) is 0 Å². The first-order valence-electron chi connectivity index (χ1n) is 20.2. The molecule has 22 heteroatoms. The van der Waals surface area contributed by atoms with Crippen molar-refractivity contribution in [2.24, 2.45) is 11.5 Å². The number of nitrogens with zero attached hydrogens (tertiary/aromatic N) is 10. The first-order valence-corrected chi connectivity index (χ1v) is 20.6. The number of carbonyl (C=O) groups is 2. The van der Waals surface area contributed by atoms with Crippen molar-refractivity contribution in [1.29, 1.82) is 0 Å². The Kier molecular flexibility index (Phi) is 14.9. The normalized spacial score (nSPS) is 12.9. The van der Waals surface area contributed by atoms with Gasteiger partial charge in [-0.3, -0.25) is 19.6 Å². The predicted molar refractivity (Wildman–Crippen MR) is 241 cm³/mol. The zero-order valence-electron chi connectivity index (χ0n) is 36.0. The minimum atomic E-state index is -1.62. The van der Waals surface area contributed by atoms with E-state index in [0.717, 1.165) is 40.4 Å². The highest BCUT2D eigenvalue weighted by atomic mass is 35.5. The number of aliphatic hydroxyl groups is 2. The average Bonchev–Trinajstić information content (AvgIpc) is 3.98. The minimum absolute atomic E-state index is 0.0430. The van der Waals surface area contributed by atoms with E-state index >= 15 is 0 Å². The van der Waals surface area contributed by atoms with Crippen molar-refractivity contribution in [3.63, 3.8) is 0 Å². The maximum absolute atomic E-state index is 13.3. The third-order valence-electron chi connectivity index (χ3n) is 10.5. The molecule has 0 aliphatic rings. The SMILES string of the molecule is CC[C@@](C)(O)c1cn(Cc2ccc3c(-c4ccc(F)cn4)cc(C(N)=O)nc3c2)nn1.CC[C@@](C)(O)c1cn(Cc2ccc3c(Cl)cc(C(N)=O)nc3c2)nn1.OB(O)c1ccc(F)cn1. The monoisotopic (exact) mass is 920 g/mol. The first-order chi connectivity index (χ1) is 31.3. The number of benzene rings is 2. The highest BCUT2D eigenvalue weighted by Crippen LogP contribution is 2.29. The fourth-order valence-corrected chi connectivity index (χ4v) is 6.49. The summed E-state index contributed by atoms with van der Waals surface area (Å²) in [5.74, 6) is -2.24. The Labute approximate surface area is 381 Å². The summed E-state index contributed by atoms with van der Waals surface area (Å²) in [6.07, 6.45) is 6.52. The van der Waals surface area contributed by atoms with Crippen LogP contribution in [0.25, 0.3) is 33.1 Å². The van der Waals surface area contributed by atoms with Crippen molar-refractivity contribution in [3.8, 4) is 11.3 Å². The molecule has 0 saturated heterocycles. The molecule has 0 spiro atoms. The van der Waals surface area contributed by atoms with Crippen LogP contribution in [0.4, 0.5) is 8.78 Å².